The Morgan fingerprint density at radius 2 is 2.18 bits per heavy atom. The Bertz CT molecular complexity index is 830. The first-order valence-corrected chi connectivity index (χ1v) is 7.39. The van der Waals surface area contributed by atoms with Crippen LogP contribution in [0.25, 0.3) is 18.4 Å². The van der Waals surface area contributed by atoms with Crippen molar-refractivity contribution in [3.8, 4) is 0 Å². The molecule has 0 spiro atoms. The molecule has 1 aliphatic carbocycles. The Morgan fingerprint density at radius 3 is 2.91 bits per heavy atom. The van der Waals surface area contributed by atoms with Gasteiger partial charge in [0, 0.05) is 24.0 Å². The molecule has 0 aromatic carbocycles. The number of nitrogens with one attached hydrogen (secondary N) is 1. The molecule has 2 aromatic rings. The summed E-state index contributed by atoms with van der Waals surface area (Å²) in [6, 6.07) is 5.89. The number of aromatic nitrogens is 3. The van der Waals surface area contributed by atoms with Crippen LogP contribution in [0.3, 0.4) is 0 Å². The van der Waals surface area contributed by atoms with E-state index in [2.05, 4.69) is 35.1 Å². The maximum absolute atomic E-state index is 7.73. The average Bonchev–Trinajstić information content (AvgIpc) is 2.92. The largest absolute Gasteiger partial charge is 0.381 e. The van der Waals surface area contributed by atoms with E-state index in [1.807, 2.05) is 29.0 Å². The van der Waals surface area contributed by atoms with Gasteiger partial charge < -0.3 is 5.73 Å². The van der Waals surface area contributed by atoms with Crippen molar-refractivity contribution in [3.05, 3.63) is 52.7 Å². The number of nitrogens with zero attached hydrogens (tertiary/aromatic N) is 3. The standard InChI is InChI=1S/C17H19N5/c1-12(13-6-4-5-10-20-13)9-11-22-15-8-3-2-7-14(15)21-17(22)16(18)19/h4-12H,2-3H2,1H3,(H3,18,19)/b11-9+. The van der Waals surface area contributed by atoms with E-state index >= 15 is 0 Å². The SMILES string of the molecule is CC(/C=C/n1c(C(=N)N)nc2c1=CCCC=2)c1ccccn1. The summed E-state index contributed by atoms with van der Waals surface area (Å²) in [6.45, 7) is 2.09. The molecular weight excluding hydrogens is 274 g/mol. The lowest BCUT2D eigenvalue weighted by Crippen LogP contribution is -2.30. The molecule has 1 aliphatic rings. The molecular formula is C17H19N5. The molecule has 1 atom stereocenters. The highest BCUT2D eigenvalue weighted by atomic mass is 15.1. The Labute approximate surface area is 129 Å². The first kappa shape index (κ1) is 14.3. The van der Waals surface area contributed by atoms with E-state index in [0.717, 1.165) is 29.2 Å². The van der Waals surface area contributed by atoms with Crippen LogP contribution in [0.2, 0.25) is 0 Å². The number of hydrogen-bond acceptors (Lipinski definition) is 3. The normalized spacial score (nSPS) is 15.0. The molecule has 0 radical (unpaired) electrons. The minimum absolute atomic E-state index is 0.0219. The molecule has 0 amide bonds. The zero-order valence-corrected chi connectivity index (χ0v) is 12.5. The van der Waals surface area contributed by atoms with Crippen LogP contribution in [0.5, 0.6) is 0 Å². The van der Waals surface area contributed by atoms with E-state index in [0.29, 0.717) is 5.82 Å². The molecule has 5 heteroatoms. The molecule has 0 bridgehead atoms. The third kappa shape index (κ3) is 2.70. The second kappa shape index (κ2) is 5.97. The van der Waals surface area contributed by atoms with Crippen molar-refractivity contribution in [1.29, 1.82) is 5.41 Å². The van der Waals surface area contributed by atoms with Crippen LogP contribution in [0.4, 0.5) is 0 Å². The van der Waals surface area contributed by atoms with E-state index in [1.54, 1.807) is 6.20 Å². The van der Waals surface area contributed by atoms with Crippen LogP contribution < -0.4 is 16.4 Å². The van der Waals surface area contributed by atoms with Gasteiger partial charge in [0.1, 0.15) is 0 Å². The number of nitrogen functional groups attached to an aromatic ring is 1. The van der Waals surface area contributed by atoms with Crippen LogP contribution in [0, 0.1) is 5.41 Å². The number of hydrogen-bond donors (Lipinski definition) is 2. The summed E-state index contributed by atoms with van der Waals surface area (Å²) in [6.07, 6.45) is 12.0. The summed E-state index contributed by atoms with van der Waals surface area (Å²) in [4.78, 5) is 8.83. The second-order valence-corrected chi connectivity index (χ2v) is 5.36. The predicted molar refractivity (Wildman–Crippen MR) is 88.6 cm³/mol. The third-order valence-electron chi connectivity index (χ3n) is 3.74. The van der Waals surface area contributed by atoms with Gasteiger partial charge in [0.25, 0.3) is 0 Å². The number of nitrogens with two attached hydrogens (primary N) is 1. The molecule has 5 nitrogen and oxygen atoms in total. The zero-order valence-electron chi connectivity index (χ0n) is 12.5. The second-order valence-electron chi connectivity index (χ2n) is 5.36. The maximum Gasteiger partial charge on any atom is 0.180 e. The molecule has 2 aromatic heterocycles. The summed E-state index contributed by atoms with van der Waals surface area (Å²) in [5, 5.41) is 9.65. The third-order valence-corrected chi connectivity index (χ3v) is 3.74. The van der Waals surface area contributed by atoms with E-state index < -0.39 is 0 Å². The Morgan fingerprint density at radius 1 is 1.36 bits per heavy atom. The number of allylic oxidation sites excluding steroid dienone is 1. The molecule has 0 aliphatic heterocycles. The van der Waals surface area contributed by atoms with Gasteiger partial charge in [0.05, 0.1) is 10.7 Å². The fourth-order valence-corrected chi connectivity index (χ4v) is 2.56. The van der Waals surface area contributed by atoms with Gasteiger partial charge in [0.15, 0.2) is 11.7 Å². The Kier molecular flexibility index (Phi) is 3.87. The highest BCUT2D eigenvalue weighted by Crippen LogP contribution is 2.13. The molecule has 0 saturated heterocycles. The summed E-state index contributed by atoms with van der Waals surface area (Å²) >= 11 is 0. The molecule has 1 unspecified atom stereocenters. The molecule has 2 heterocycles. The molecule has 3 N–H and O–H groups in total. The first-order valence-electron chi connectivity index (χ1n) is 7.39. The first-order chi connectivity index (χ1) is 10.7. The monoisotopic (exact) mass is 293 g/mol. The number of pyridine rings is 1. The van der Waals surface area contributed by atoms with Crippen molar-refractivity contribution in [2.24, 2.45) is 5.73 Å². The van der Waals surface area contributed by atoms with E-state index in [9.17, 15) is 0 Å². The smallest absolute Gasteiger partial charge is 0.180 e. The fourth-order valence-electron chi connectivity index (χ4n) is 2.56. The lowest BCUT2D eigenvalue weighted by atomic mass is 10.1. The number of rotatable bonds is 4. The van der Waals surface area contributed by atoms with Gasteiger partial charge >= 0.3 is 0 Å². The van der Waals surface area contributed by atoms with Crippen molar-refractivity contribution >= 4 is 24.2 Å². The van der Waals surface area contributed by atoms with E-state index in [4.69, 9.17) is 11.1 Å². The van der Waals surface area contributed by atoms with Crippen molar-refractivity contribution in [1.82, 2.24) is 14.5 Å². The quantitative estimate of drug-likeness (QED) is 0.656. The summed E-state index contributed by atoms with van der Waals surface area (Å²) in [5.74, 6) is 0.641. The van der Waals surface area contributed by atoms with Crippen LogP contribution >= 0.6 is 0 Å². The van der Waals surface area contributed by atoms with Crippen LogP contribution in [0.1, 0.15) is 37.2 Å². The molecule has 3 rings (SSSR count). The lowest BCUT2D eigenvalue weighted by molar-refractivity contribution is 0.901. The van der Waals surface area contributed by atoms with Gasteiger partial charge in [-0.05, 0) is 25.0 Å². The highest BCUT2D eigenvalue weighted by molar-refractivity contribution is 5.92. The minimum atomic E-state index is -0.0219. The molecule has 0 saturated carbocycles. The Balaban J connectivity index is 2.01. The molecule has 112 valence electrons. The number of imidazole rings is 1. The van der Waals surface area contributed by atoms with Gasteiger partial charge in [-0.15, -0.1) is 0 Å². The average molecular weight is 293 g/mol. The van der Waals surface area contributed by atoms with Crippen molar-refractivity contribution in [3.63, 3.8) is 0 Å². The maximum atomic E-state index is 7.73. The van der Waals surface area contributed by atoms with Gasteiger partial charge in [-0.3, -0.25) is 15.0 Å². The van der Waals surface area contributed by atoms with Crippen molar-refractivity contribution in [2.45, 2.75) is 25.7 Å². The van der Waals surface area contributed by atoms with Crippen LogP contribution in [0.15, 0.2) is 30.5 Å². The molecule has 22 heavy (non-hydrogen) atoms. The predicted octanol–water partition coefficient (Wildman–Crippen LogP) is 1.19. The van der Waals surface area contributed by atoms with Crippen LogP contribution in [-0.2, 0) is 0 Å². The van der Waals surface area contributed by atoms with E-state index in [1.165, 1.54) is 0 Å². The molecule has 0 fully saturated rings. The lowest BCUT2D eigenvalue weighted by Gasteiger charge is -2.06. The summed E-state index contributed by atoms with van der Waals surface area (Å²) in [7, 11) is 0. The topological polar surface area (TPSA) is 80.6 Å². The summed E-state index contributed by atoms with van der Waals surface area (Å²) < 4.78 is 1.90. The van der Waals surface area contributed by atoms with Gasteiger partial charge in [-0.2, -0.15) is 0 Å². The van der Waals surface area contributed by atoms with Crippen LogP contribution in [-0.4, -0.2) is 20.4 Å². The van der Waals surface area contributed by atoms with E-state index in [-0.39, 0.29) is 11.8 Å². The number of amidine groups is 1. The zero-order chi connectivity index (χ0) is 15.5. The van der Waals surface area contributed by atoms with Gasteiger partial charge in [0.2, 0.25) is 0 Å². The van der Waals surface area contributed by atoms with Gasteiger partial charge in [-0.25, -0.2) is 4.98 Å². The summed E-state index contributed by atoms with van der Waals surface area (Å²) in [5.41, 5.74) is 6.68. The fraction of sp³-hybridized carbons (Fsp3) is 0.235. The van der Waals surface area contributed by atoms with Gasteiger partial charge in [-0.1, -0.05) is 31.2 Å². The van der Waals surface area contributed by atoms with Crippen molar-refractivity contribution in [2.75, 3.05) is 0 Å². The highest BCUT2D eigenvalue weighted by Gasteiger charge is 2.10. The minimum Gasteiger partial charge on any atom is -0.381 e. The Hall–Kier alpha value is -2.69. The van der Waals surface area contributed by atoms with Crippen molar-refractivity contribution < 1.29 is 0 Å². The number of fused-ring (bicyclic) bond motifs is 1.